The molecule has 4 fully saturated rings. The molecule has 0 heterocycles. The van der Waals surface area contributed by atoms with E-state index in [4.69, 9.17) is 4.74 Å². The van der Waals surface area contributed by atoms with Crippen LogP contribution < -0.4 is 4.72 Å². The zero-order valence-corrected chi connectivity index (χ0v) is 12.1. The number of nitrogens with one attached hydrogen (secondary N) is 1. The quantitative estimate of drug-likeness (QED) is 0.792. The van der Waals surface area contributed by atoms with Crippen LogP contribution in [0.4, 0.5) is 0 Å². The fraction of sp³-hybridized carbons (Fsp3) is 0.923. The number of carbonyl (C=O) groups is 1. The van der Waals surface area contributed by atoms with Crippen LogP contribution in [0.25, 0.3) is 0 Å². The molecule has 4 rings (SSSR count). The maximum atomic E-state index is 12.1. The molecule has 108 valence electrons. The summed E-state index contributed by atoms with van der Waals surface area (Å²) in [7, 11) is -1.71. The predicted octanol–water partition coefficient (Wildman–Crippen LogP) is 1.33. The molecule has 0 amide bonds. The minimum absolute atomic E-state index is 0.120. The van der Waals surface area contributed by atoms with E-state index < -0.39 is 10.0 Å². The third-order valence-corrected chi connectivity index (χ3v) is 7.25. The van der Waals surface area contributed by atoms with Gasteiger partial charge in [-0.1, -0.05) is 0 Å². The van der Waals surface area contributed by atoms with Crippen LogP contribution in [0.15, 0.2) is 0 Å². The molecule has 4 aliphatic rings. The molecule has 0 aliphatic heterocycles. The molecule has 0 radical (unpaired) electrons. The lowest BCUT2D eigenvalue weighted by atomic mass is 9.57. The van der Waals surface area contributed by atoms with Crippen molar-refractivity contribution in [2.24, 2.45) is 5.41 Å². The summed E-state index contributed by atoms with van der Waals surface area (Å²) in [6.45, 7) is 0. The summed E-state index contributed by atoms with van der Waals surface area (Å²) in [6, 6.07) is 0. The van der Waals surface area contributed by atoms with Crippen molar-refractivity contribution in [1.82, 2.24) is 4.72 Å². The zero-order valence-electron chi connectivity index (χ0n) is 11.3. The molecule has 4 saturated carbocycles. The van der Waals surface area contributed by atoms with Crippen LogP contribution in [0.2, 0.25) is 0 Å². The Morgan fingerprint density at radius 1 is 1.11 bits per heavy atom. The van der Waals surface area contributed by atoms with E-state index in [1.165, 1.54) is 7.11 Å². The maximum Gasteiger partial charge on any atom is 0.311 e. The third kappa shape index (κ3) is 2.18. The second-order valence-corrected chi connectivity index (χ2v) is 8.36. The Balaban J connectivity index is 1.72. The lowest BCUT2D eigenvalue weighted by molar-refractivity contribution is -0.160. The minimum Gasteiger partial charge on any atom is -0.469 e. The standard InChI is InChI=1S/C13H21NO4S/c1-18-11(15)12-4-7-13(8-5-12,9-6-12)14-19(16,17)10-2-3-10/h10,14H,2-9H2,1H3. The summed E-state index contributed by atoms with van der Waals surface area (Å²) >= 11 is 0. The smallest absolute Gasteiger partial charge is 0.311 e. The van der Waals surface area contributed by atoms with E-state index in [1.54, 1.807) is 0 Å². The van der Waals surface area contributed by atoms with Crippen molar-refractivity contribution in [2.45, 2.75) is 62.2 Å². The summed E-state index contributed by atoms with van der Waals surface area (Å²) in [5.41, 5.74) is -0.640. The number of hydrogen-bond acceptors (Lipinski definition) is 4. The Labute approximate surface area is 114 Å². The highest BCUT2D eigenvalue weighted by atomic mass is 32.2. The second kappa shape index (κ2) is 4.19. The van der Waals surface area contributed by atoms with Gasteiger partial charge in [0, 0.05) is 5.54 Å². The number of sulfonamides is 1. The first-order valence-corrected chi connectivity index (χ1v) is 8.57. The molecule has 5 nitrogen and oxygen atoms in total. The van der Waals surface area contributed by atoms with Crippen molar-refractivity contribution < 1.29 is 17.9 Å². The van der Waals surface area contributed by atoms with Crippen molar-refractivity contribution >= 4 is 16.0 Å². The van der Waals surface area contributed by atoms with Crippen LogP contribution in [-0.4, -0.2) is 32.3 Å². The Bertz CT molecular complexity index is 470. The summed E-state index contributed by atoms with van der Waals surface area (Å²) in [6.07, 6.45) is 6.08. The first-order chi connectivity index (χ1) is 8.91. The average molecular weight is 287 g/mol. The molecule has 0 unspecified atom stereocenters. The van der Waals surface area contributed by atoms with Crippen molar-refractivity contribution in [3.63, 3.8) is 0 Å². The molecule has 0 aromatic carbocycles. The maximum absolute atomic E-state index is 12.1. The van der Waals surface area contributed by atoms with Crippen molar-refractivity contribution in [2.75, 3.05) is 7.11 Å². The lowest BCUT2D eigenvalue weighted by Gasteiger charge is -2.51. The Morgan fingerprint density at radius 3 is 2.05 bits per heavy atom. The number of methoxy groups -OCH3 is 1. The van der Waals surface area contributed by atoms with Crippen LogP contribution in [0.3, 0.4) is 0 Å². The highest BCUT2D eigenvalue weighted by molar-refractivity contribution is 7.90. The highest BCUT2D eigenvalue weighted by Gasteiger charge is 2.55. The van der Waals surface area contributed by atoms with Crippen molar-refractivity contribution in [1.29, 1.82) is 0 Å². The molecule has 0 spiro atoms. The molecule has 0 aromatic heterocycles. The van der Waals surface area contributed by atoms with E-state index in [-0.39, 0.29) is 22.2 Å². The van der Waals surface area contributed by atoms with Gasteiger partial charge >= 0.3 is 5.97 Å². The highest BCUT2D eigenvalue weighted by Crippen LogP contribution is 2.53. The largest absolute Gasteiger partial charge is 0.469 e. The van der Waals surface area contributed by atoms with Gasteiger partial charge < -0.3 is 4.74 Å². The fourth-order valence-corrected chi connectivity index (χ4v) is 5.46. The van der Waals surface area contributed by atoms with E-state index in [1.807, 2.05) is 0 Å². The third-order valence-electron chi connectivity index (χ3n) is 5.19. The Morgan fingerprint density at radius 2 is 1.63 bits per heavy atom. The van der Waals surface area contributed by atoms with E-state index >= 15 is 0 Å². The molecule has 0 atom stereocenters. The van der Waals surface area contributed by atoms with E-state index in [2.05, 4.69) is 4.72 Å². The molecule has 0 aromatic rings. The molecule has 6 heteroatoms. The van der Waals surface area contributed by atoms with Crippen molar-refractivity contribution in [3.8, 4) is 0 Å². The van der Waals surface area contributed by atoms with Gasteiger partial charge in [-0.05, 0) is 51.4 Å². The van der Waals surface area contributed by atoms with Gasteiger partial charge in [0.15, 0.2) is 0 Å². The van der Waals surface area contributed by atoms with Crippen LogP contribution >= 0.6 is 0 Å². The number of esters is 1. The molecule has 4 aliphatic carbocycles. The second-order valence-electron chi connectivity index (χ2n) is 6.40. The van der Waals surface area contributed by atoms with Gasteiger partial charge in [-0.25, -0.2) is 13.1 Å². The fourth-order valence-electron chi connectivity index (χ4n) is 3.62. The van der Waals surface area contributed by atoms with Gasteiger partial charge in [0.25, 0.3) is 0 Å². The molecule has 0 saturated heterocycles. The number of carbonyl (C=O) groups excluding carboxylic acids is 1. The summed E-state index contributed by atoms with van der Waals surface area (Å²) in [5, 5.41) is -0.170. The number of fused-ring (bicyclic) bond motifs is 3. The van der Waals surface area contributed by atoms with Crippen molar-refractivity contribution in [3.05, 3.63) is 0 Å². The number of rotatable bonds is 4. The first kappa shape index (κ1) is 13.4. The predicted molar refractivity (Wildman–Crippen MR) is 70.0 cm³/mol. The van der Waals surface area contributed by atoms with Crippen LogP contribution in [0, 0.1) is 5.41 Å². The monoisotopic (exact) mass is 287 g/mol. The van der Waals surface area contributed by atoms with Crippen LogP contribution in [0.5, 0.6) is 0 Å². The van der Waals surface area contributed by atoms with Crippen LogP contribution in [0.1, 0.15) is 51.4 Å². The summed E-state index contributed by atoms with van der Waals surface area (Å²) in [5.74, 6) is -0.120. The molecular formula is C13H21NO4S. The summed E-state index contributed by atoms with van der Waals surface area (Å²) < 4.78 is 32.1. The topological polar surface area (TPSA) is 72.5 Å². The summed E-state index contributed by atoms with van der Waals surface area (Å²) in [4.78, 5) is 11.9. The van der Waals surface area contributed by atoms with Gasteiger partial charge in [0.1, 0.15) is 0 Å². The first-order valence-electron chi connectivity index (χ1n) is 7.03. The Kier molecular flexibility index (Phi) is 2.94. The van der Waals surface area contributed by atoms with E-state index in [9.17, 15) is 13.2 Å². The molecular weight excluding hydrogens is 266 g/mol. The van der Waals surface area contributed by atoms with Gasteiger partial charge in [0.05, 0.1) is 17.8 Å². The zero-order chi connectivity index (χ0) is 13.7. The average Bonchev–Trinajstić information content (AvgIpc) is 3.23. The molecule has 19 heavy (non-hydrogen) atoms. The normalized spacial score (nSPS) is 38.2. The SMILES string of the molecule is COC(=O)C12CCC(NS(=O)(=O)C3CC3)(CC1)CC2. The van der Waals surface area contributed by atoms with Gasteiger partial charge in [0.2, 0.25) is 10.0 Å². The number of hydrogen-bond donors (Lipinski definition) is 1. The lowest BCUT2D eigenvalue weighted by Crippen LogP contribution is -2.58. The number of ether oxygens (including phenoxy) is 1. The molecule has 2 bridgehead atoms. The van der Waals surface area contributed by atoms with Crippen LogP contribution in [-0.2, 0) is 19.6 Å². The van der Waals surface area contributed by atoms with Gasteiger partial charge in [-0.3, -0.25) is 4.79 Å². The molecule has 1 N–H and O–H groups in total. The van der Waals surface area contributed by atoms with E-state index in [0.717, 1.165) is 51.4 Å². The van der Waals surface area contributed by atoms with Gasteiger partial charge in [-0.15, -0.1) is 0 Å². The van der Waals surface area contributed by atoms with Gasteiger partial charge in [-0.2, -0.15) is 0 Å². The van der Waals surface area contributed by atoms with E-state index in [0.29, 0.717) is 0 Å². The Hall–Kier alpha value is -0.620. The minimum atomic E-state index is -3.14.